The Labute approximate surface area is 140 Å². The Hall–Kier alpha value is -2.51. The molecular formula is C17H17N3O3S. The predicted molar refractivity (Wildman–Crippen MR) is 89.7 cm³/mol. The van der Waals surface area contributed by atoms with Crippen LogP contribution < -0.4 is 4.72 Å². The van der Waals surface area contributed by atoms with Gasteiger partial charge < -0.3 is 4.52 Å². The van der Waals surface area contributed by atoms with E-state index in [1.807, 2.05) is 30.3 Å². The van der Waals surface area contributed by atoms with Gasteiger partial charge in [-0.1, -0.05) is 41.6 Å². The summed E-state index contributed by atoms with van der Waals surface area (Å²) in [6, 6.07) is 14.4. The van der Waals surface area contributed by atoms with Crippen molar-refractivity contribution in [3.63, 3.8) is 0 Å². The molecular weight excluding hydrogens is 326 g/mol. The molecule has 0 radical (unpaired) electrons. The van der Waals surface area contributed by atoms with E-state index in [1.165, 1.54) is 0 Å². The SMILES string of the molecule is Cc1noc(-c2ccc(C)c(S(=O)(=O)NCc3ccccc3)c2)n1. The quantitative estimate of drug-likeness (QED) is 0.770. The summed E-state index contributed by atoms with van der Waals surface area (Å²) >= 11 is 0. The average molecular weight is 343 g/mol. The number of nitrogens with one attached hydrogen (secondary N) is 1. The van der Waals surface area contributed by atoms with Crippen molar-refractivity contribution in [2.24, 2.45) is 0 Å². The van der Waals surface area contributed by atoms with Crippen molar-refractivity contribution in [1.29, 1.82) is 0 Å². The maximum atomic E-state index is 12.6. The third-order valence-electron chi connectivity index (χ3n) is 3.56. The minimum atomic E-state index is -3.65. The highest BCUT2D eigenvalue weighted by Gasteiger charge is 2.19. The highest BCUT2D eigenvalue weighted by Crippen LogP contribution is 2.24. The molecule has 1 heterocycles. The molecule has 0 saturated carbocycles. The van der Waals surface area contributed by atoms with E-state index < -0.39 is 10.0 Å². The van der Waals surface area contributed by atoms with Crippen LogP contribution in [0.5, 0.6) is 0 Å². The van der Waals surface area contributed by atoms with Crippen LogP contribution in [0.3, 0.4) is 0 Å². The van der Waals surface area contributed by atoms with Gasteiger partial charge in [0.2, 0.25) is 10.0 Å². The molecule has 0 aliphatic carbocycles. The Morgan fingerprint density at radius 2 is 1.83 bits per heavy atom. The monoisotopic (exact) mass is 343 g/mol. The number of hydrogen-bond donors (Lipinski definition) is 1. The summed E-state index contributed by atoms with van der Waals surface area (Å²) in [7, 11) is -3.65. The predicted octanol–water partition coefficient (Wildman–Crippen LogP) is 2.83. The molecule has 0 saturated heterocycles. The van der Waals surface area contributed by atoms with E-state index >= 15 is 0 Å². The van der Waals surface area contributed by atoms with Crippen molar-refractivity contribution < 1.29 is 12.9 Å². The number of benzene rings is 2. The molecule has 124 valence electrons. The van der Waals surface area contributed by atoms with E-state index in [-0.39, 0.29) is 11.4 Å². The molecule has 7 heteroatoms. The summed E-state index contributed by atoms with van der Waals surface area (Å²) in [6.45, 7) is 3.69. The largest absolute Gasteiger partial charge is 0.334 e. The van der Waals surface area contributed by atoms with Crippen LogP contribution in [0.2, 0.25) is 0 Å². The van der Waals surface area contributed by atoms with Crippen molar-refractivity contribution in [3.8, 4) is 11.5 Å². The topological polar surface area (TPSA) is 85.1 Å². The summed E-state index contributed by atoms with van der Waals surface area (Å²) < 4.78 is 33.0. The Kier molecular flexibility index (Phi) is 4.46. The van der Waals surface area contributed by atoms with Gasteiger partial charge in [-0.25, -0.2) is 13.1 Å². The molecule has 6 nitrogen and oxygen atoms in total. The molecule has 0 aliphatic heterocycles. The van der Waals surface area contributed by atoms with E-state index in [4.69, 9.17) is 4.52 Å². The molecule has 3 rings (SSSR count). The molecule has 0 bridgehead atoms. The summed E-state index contributed by atoms with van der Waals surface area (Å²) in [4.78, 5) is 4.34. The molecule has 0 spiro atoms. The fourth-order valence-electron chi connectivity index (χ4n) is 2.29. The van der Waals surface area contributed by atoms with Gasteiger partial charge in [-0.05, 0) is 37.1 Å². The van der Waals surface area contributed by atoms with Gasteiger partial charge in [0.15, 0.2) is 5.82 Å². The van der Waals surface area contributed by atoms with Gasteiger partial charge in [-0.15, -0.1) is 0 Å². The first-order valence-corrected chi connectivity index (χ1v) is 8.89. The zero-order chi connectivity index (χ0) is 17.2. The minimum absolute atomic E-state index is 0.201. The normalized spacial score (nSPS) is 11.6. The lowest BCUT2D eigenvalue weighted by Crippen LogP contribution is -2.24. The zero-order valence-corrected chi connectivity index (χ0v) is 14.2. The van der Waals surface area contributed by atoms with E-state index in [0.29, 0.717) is 22.8 Å². The fourth-order valence-corrected chi connectivity index (χ4v) is 3.58. The Morgan fingerprint density at radius 1 is 1.08 bits per heavy atom. The molecule has 1 N–H and O–H groups in total. The van der Waals surface area contributed by atoms with Crippen LogP contribution in [0, 0.1) is 13.8 Å². The Balaban J connectivity index is 1.89. The molecule has 24 heavy (non-hydrogen) atoms. The highest BCUT2D eigenvalue weighted by molar-refractivity contribution is 7.89. The van der Waals surface area contributed by atoms with Crippen LogP contribution in [0.15, 0.2) is 57.9 Å². The van der Waals surface area contributed by atoms with Gasteiger partial charge in [0.25, 0.3) is 5.89 Å². The Bertz CT molecular complexity index is 950. The van der Waals surface area contributed by atoms with Crippen LogP contribution in [0.25, 0.3) is 11.5 Å². The van der Waals surface area contributed by atoms with Crippen LogP contribution in [0.1, 0.15) is 17.0 Å². The number of rotatable bonds is 5. The molecule has 0 aliphatic rings. The zero-order valence-electron chi connectivity index (χ0n) is 13.4. The van der Waals surface area contributed by atoms with Crippen molar-refractivity contribution in [2.45, 2.75) is 25.3 Å². The molecule has 0 atom stereocenters. The number of aryl methyl sites for hydroxylation is 2. The average Bonchev–Trinajstić information content (AvgIpc) is 3.01. The van der Waals surface area contributed by atoms with E-state index in [0.717, 1.165) is 5.56 Å². The van der Waals surface area contributed by atoms with Gasteiger partial charge in [-0.2, -0.15) is 4.98 Å². The van der Waals surface area contributed by atoms with Gasteiger partial charge in [0.05, 0.1) is 4.90 Å². The number of aromatic nitrogens is 2. The summed E-state index contributed by atoms with van der Waals surface area (Å²) in [5.74, 6) is 0.796. The first-order chi connectivity index (χ1) is 11.5. The minimum Gasteiger partial charge on any atom is -0.334 e. The van der Waals surface area contributed by atoms with Crippen LogP contribution in [-0.4, -0.2) is 18.6 Å². The molecule has 1 aromatic heterocycles. The lowest BCUT2D eigenvalue weighted by atomic mass is 10.1. The standard InChI is InChI=1S/C17H17N3O3S/c1-12-8-9-15(17-19-13(2)20-23-17)10-16(12)24(21,22)18-11-14-6-4-3-5-7-14/h3-10,18H,11H2,1-2H3. The first kappa shape index (κ1) is 16.4. The first-order valence-electron chi connectivity index (χ1n) is 7.40. The third-order valence-corrected chi connectivity index (χ3v) is 5.10. The van der Waals surface area contributed by atoms with E-state index in [1.54, 1.807) is 32.0 Å². The summed E-state index contributed by atoms with van der Waals surface area (Å²) in [6.07, 6.45) is 0. The van der Waals surface area contributed by atoms with E-state index in [9.17, 15) is 8.42 Å². The lowest BCUT2D eigenvalue weighted by Gasteiger charge is -2.10. The van der Waals surface area contributed by atoms with Crippen LogP contribution in [-0.2, 0) is 16.6 Å². The molecule has 0 amide bonds. The second-order valence-corrected chi connectivity index (χ2v) is 7.17. The summed E-state index contributed by atoms with van der Waals surface area (Å²) in [5.41, 5.74) is 2.11. The van der Waals surface area contributed by atoms with E-state index in [2.05, 4.69) is 14.9 Å². The van der Waals surface area contributed by atoms with Gasteiger partial charge in [0.1, 0.15) is 0 Å². The van der Waals surface area contributed by atoms with Gasteiger partial charge in [-0.3, -0.25) is 0 Å². The second-order valence-electron chi connectivity index (χ2n) is 5.44. The smallest absolute Gasteiger partial charge is 0.257 e. The van der Waals surface area contributed by atoms with Gasteiger partial charge >= 0.3 is 0 Å². The van der Waals surface area contributed by atoms with Crippen molar-refractivity contribution in [3.05, 3.63) is 65.5 Å². The lowest BCUT2D eigenvalue weighted by molar-refractivity contribution is 0.425. The molecule has 3 aromatic rings. The maximum absolute atomic E-state index is 12.6. The van der Waals surface area contributed by atoms with Gasteiger partial charge in [0, 0.05) is 12.1 Å². The number of sulfonamides is 1. The van der Waals surface area contributed by atoms with Crippen LogP contribution in [0.4, 0.5) is 0 Å². The fraction of sp³-hybridized carbons (Fsp3) is 0.176. The van der Waals surface area contributed by atoms with Crippen LogP contribution >= 0.6 is 0 Å². The number of hydrogen-bond acceptors (Lipinski definition) is 5. The van der Waals surface area contributed by atoms with Crippen molar-refractivity contribution >= 4 is 10.0 Å². The van der Waals surface area contributed by atoms with Crippen molar-refractivity contribution in [2.75, 3.05) is 0 Å². The second kappa shape index (κ2) is 6.54. The third kappa shape index (κ3) is 3.52. The number of nitrogens with zero attached hydrogens (tertiary/aromatic N) is 2. The van der Waals surface area contributed by atoms with Crippen molar-refractivity contribution in [1.82, 2.24) is 14.9 Å². The molecule has 2 aromatic carbocycles. The Morgan fingerprint density at radius 3 is 2.50 bits per heavy atom. The molecule has 0 unspecified atom stereocenters. The maximum Gasteiger partial charge on any atom is 0.257 e. The molecule has 0 fully saturated rings. The highest BCUT2D eigenvalue weighted by atomic mass is 32.2. The summed E-state index contributed by atoms with van der Waals surface area (Å²) in [5, 5.41) is 3.73.